The Morgan fingerprint density at radius 2 is 1.95 bits per heavy atom. The van der Waals surface area contributed by atoms with Crippen LogP contribution in [-0.4, -0.2) is 22.9 Å². The fraction of sp³-hybridized carbons (Fsp3) is 0.214. The number of aromatic nitrogens is 2. The maximum absolute atomic E-state index is 11.4. The topological polar surface area (TPSA) is 66.9 Å². The van der Waals surface area contributed by atoms with Gasteiger partial charge in [-0.2, -0.15) is 0 Å². The third kappa shape index (κ3) is 3.28. The molecule has 1 aromatic carbocycles. The first kappa shape index (κ1) is 13.0. The number of nitrogens with zero attached hydrogens (tertiary/aromatic N) is 2. The number of rotatable bonds is 4. The van der Waals surface area contributed by atoms with Gasteiger partial charge < -0.3 is 10.6 Å². The zero-order valence-electron chi connectivity index (χ0n) is 10.9. The molecule has 0 saturated carbocycles. The molecule has 0 aliphatic rings. The van der Waals surface area contributed by atoms with Crippen LogP contribution in [0.4, 0.5) is 5.69 Å². The Hall–Kier alpha value is -2.43. The molecule has 19 heavy (non-hydrogen) atoms. The zero-order chi connectivity index (χ0) is 13.7. The van der Waals surface area contributed by atoms with Crippen LogP contribution in [0.5, 0.6) is 0 Å². The summed E-state index contributed by atoms with van der Waals surface area (Å²) in [7, 11) is 1.62. The quantitative estimate of drug-likeness (QED) is 0.878. The van der Waals surface area contributed by atoms with E-state index in [4.69, 9.17) is 0 Å². The maximum atomic E-state index is 11.4. The molecule has 1 aromatic heterocycles. The third-order valence-electron chi connectivity index (χ3n) is 2.78. The van der Waals surface area contributed by atoms with Crippen molar-refractivity contribution in [3.8, 4) is 0 Å². The van der Waals surface area contributed by atoms with Crippen LogP contribution in [0, 0.1) is 0 Å². The molecule has 0 aliphatic heterocycles. The van der Waals surface area contributed by atoms with Crippen LogP contribution in [0.1, 0.15) is 29.0 Å². The summed E-state index contributed by atoms with van der Waals surface area (Å²) in [6.07, 6.45) is 5.05. The second kappa shape index (κ2) is 5.95. The first-order valence-corrected chi connectivity index (χ1v) is 6.05. The fourth-order valence-electron chi connectivity index (χ4n) is 1.72. The van der Waals surface area contributed by atoms with Crippen molar-refractivity contribution in [2.45, 2.75) is 13.0 Å². The Morgan fingerprint density at radius 3 is 2.53 bits per heavy atom. The lowest BCUT2D eigenvalue weighted by atomic mass is 10.1. The lowest BCUT2D eigenvalue weighted by Gasteiger charge is -2.14. The highest BCUT2D eigenvalue weighted by Gasteiger charge is 2.07. The number of carbonyl (C=O) groups is 1. The minimum Gasteiger partial charge on any atom is -0.377 e. The van der Waals surface area contributed by atoms with Crippen molar-refractivity contribution < 1.29 is 4.79 Å². The molecule has 0 bridgehead atoms. The van der Waals surface area contributed by atoms with Gasteiger partial charge in [-0.05, 0) is 31.2 Å². The average Bonchev–Trinajstić information content (AvgIpc) is 2.48. The molecule has 2 aromatic rings. The summed E-state index contributed by atoms with van der Waals surface area (Å²) in [5.41, 5.74) is 2.45. The molecule has 1 unspecified atom stereocenters. The normalized spacial score (nSPS) is 11.7. The molecule has 0 aliphatic carbocycles. The van der Waals surface area contributed by atoms with E-state index in [2.05, 4.69) is 20.6 Å². The molecule has 1 heterocycles. The molecule has 0 spiro atoms. The monoisotopic (exact) mass is 256 g/mol. The van der Waals surface area contributed by atoms with E-state index in [1.165, 1.54) is 0 Å². The van der Waals surface area contributed by atoms with Gasteiger partial charge in [0, 0.05) is 30.7 Å². The van der Waals surface area contributed by atoms with E-state index in [1.54, 1.807) is 37.8 Å². The Bertz CT molecular complexity index is 539. The Labute approximate surface area is 112 Å². The lowest BCUT2D eigenvalue weighted by molar-refractivity contribution is 0.0963. The van der Waals surface area contributed by atoms with Crippen LogP contribution in [0.3, 0.4) is 0 Å². The standard InChI is InChI=1S/C14H16N4O/c1-10(13-9-16-7-8-17-13)18-12-5-3-11(4-6-12)14(19)15-2/h3-10,18H,1-2H3,(H,15,19). The fourth-order valence-corrected chi connectivity index (χ4v) is 1.72. The van der Waals surface area contributed by atoms with Crippen molar-refractivity contribution in [1.29, 1.82) is 0 Å². The van der Waals surface area contributed by atoms with Crippen LogP contribution >= 0.6 is 0 Å². The highest BCUT2D eigenvalue weighted by Crippen LogP contribution is 2.17. The van der Waals surface area contributed by atoms with Gasteiger partial charge in [0.15, 0.2) is 0 Å². The summed E-state index contributed by atoms with van der Waals surface area (Å²) in [4.78, 5) is 19.7. The minimum absolute atomic E-state index is 0.0551. The van der Waals surface area contributed by atoms with Crippen molar-refractivity contribution in [2.24, 2.45) is 0 Å². The number of anilines is 1. The third-order valence-corrected chi connectivity index (χ3v) is 2.78. The summed E-state index contributed by atoms with van der Waals surface area (Å²) < 4.78 is 0. The van der Waals surface area contributed by atoms with Gasteiger partial charge in [0.05, 0.1) is 17.9 Å². The van der Waals surface area contributed by atoms with E-state index in [-0.39, 0.29) is 11.9 Å². The Morgan fingerprint density at radius 1 is 1.21 bits per heavy atom. The lowest BCUT2D eigenvalue weighted by Crippen LogP contribution is -2.17. The first-order valence-electron chi connectivity index (χ1n) is 6.05. The molecule has 0 saturated heterocycles. The van der Waals surface area contributed by atoms with Crippen LogP contribution < -0.4 is 10.6 Å². The van der Waals surface area contributed by atoms with Gasteiger partial charge in [0.25, 0.3) is 5.91 Å². The van der Waals surface area contributed by atoms with Crippen LogP contribution in [0.2, 0.25) is 0 Å². The molecule has 5 nitrogen and oxygen atoms in total. The van der Waals surface area contributed by atoms with Crippen molar-refractivity contribution in [2.75, 3.05) is 12.4 Å². The zero-order valence-corrected chi connectivity index (χ0v) is 10.9. The van der Waals surface area contributed by atoms with Crippen LogP contribution in [-0.2, 0) is 0 Å². The predicted octanol–water partition coefficient (Wildman–Crippen LogP) is 2.01. The predicted molar refractivity (Wildman–Crippen MR) is 73.9 cm³/mol. The van der Waals surface area contributed by atoms with E-state index < -0.39 is 0 Å². The average molecular weight is 256 g/mol. The van der Waals surface area contributed by atoms with Gasteiger partial charge in [-0.25, -0.2) is 0 Å². The number of hydrogen-bond acceptors (Lipinski definition) is 4. The molecular weight excluding hydrogens is 240 g/mol. The van der Waals surface area contributed by atoms with Gasteiger partial charge in [0.2, 0.25) is 0 Å². The van der Waals surface area contributed by atoms with Gasteiger partial charge in [-0.3, -0.25) is 14.8 Å². The maximum Gasteiger partial charge on any atom is 0.251 e. The molecule has 2 rings (SSSR count). The Balaban J connectivity index is 2.06. The number of carbonyl (C=O) groups excluding carboxylic acids is 1. The summed E-state index contributed by atoms with van der Waals surface area (Å²) in [6.45, 7) is 2.01. The summed E-state index contributed by atoms with van der Waals surface area (Å²) >= 11 is 0. The van der Waals surface area contributed by atoms with E-state index in [0.29, 0.717) is 5.56 Å². The van der Waals surface area contributed by atoms with Gasteiger partial charge >= 0.3 is 0 Å². The molecule has 1 atom stereocenters. The molecule has 98 valence electrons. The summed E-state index contributed by atoms with van der Waals surface area (Å²) in [5, 5.41) is 5.90. The molecule has 0 fully saturated rings. The first-order chi connectivity index (χ1) is 9.20. The van der Waals surface area contributed by atoms with Gasteiger partial charge in [0.1, 0.15) is 0 Å². The molecule has 0 radical (unpaired) electrons. The van der Waals surface area contributed by atoms with Crippen molar-refractivity contribution >= 4 is 11.6 Å². The molecular formula is C14H16N4O. The second-order valence-corrected chi connectivity index (χ2v) is 4.15. The largest absolute Gasteiger partial charge is 0.377 e. The minimum atomic E-state index is -0.0893. The van der Waals surface area contributed by atoms with Crippen LogP contribution in [0.15, 0.2) is 42.9 Å². The number of amides is 1. The van der Waals surface area contributed by atoms with Crippen LogP contribution in [0.25, 0.3) is 0 Å². The van der Waals surface area contributed by atoms with Gasteiger partial charge in [-0.1, -0.05) is 0 Å². The van der Waals surface area contributed by atoms with Crippen molar-refractivity contribution in [3.05, 3.63) is 54.1 Å². The second-order valence-electron chi connectivity index (χ2n) is 4.15. The highest BCUT2D eigenvalue weighted by atomic mass is 16.1. The highest BCUT2D eigenvalue weighted by molar-refractivity contribution is 5.94. The smallest absolute Gasteiger partial charge is 0.251 e. The molecule has 5 heteroatoms. The van der Waals surface area contributed by atoms with E-state index in [1.807, 2.05) is 19.1 Å². The summed E-state index contributed by atoms with van der Waals surface area (Å²) in [5.74, 6) is -0.0893. The molecule has 1 amide bonds. The van der Waals surface area contributed by atoms with E-state index in [0.717, 1.165) is 11.4 Å². The SMILES string of the molecule is CNC(=O)c1ccc(NC(C)c2cnccn2)cc1. The molecule has 2 N–H and O–H groups in total. The number of benzene rings is 1. The summed E-state index contributed by atoms with van der Waals surface area (Å²) in [6, 6.07) is 7.36. The van der Waals surface area contributed by atoms with Crippen molar-refractivity contribution in [1.82, 2.24) is 15.3 Å². The Kier molecular flexibility index (Phi) is 4.07. The number of nitrogens with one attached hydrogen (secondary N) is 2. The van der Waals surface area contributed by atoms with E-state index >= 15 is 0 Å². The van der Waals surface area contributed by atoms with E-state index in [9.17, 15) is 4.79 Å². The van der Waals surface area contributed by atoms with Crippen molar-refractivity contribution in [3.63, 3.8) is 0 Å². The number of hydrogen-bond donors (Lipinski definition) is 2. The van der Waals surface area contributed by atoms with Gasteiger partial charge in [-0.15, -0.1) is 0 Å².